The first-order valence-corrected chi connectivity index (χ1v) is 9.54. The maximum atomic E-state index is 12.4. The van der Waals surface area contributed by atoms with Gasteiger partial charge in [0, 0.05) is 49.9 Å². The van der Waals surface area contributed by atoms with Crippen molar-refractivity contribution in [3.05, 3.63) is 48.7 Å². The summed E-state index contributed by atoms with van der Waals surface area (Å²) in [7, 11) is 0. The van der Waals surface area contributed by atoms with E-state index < -0.39 is 0 Å². The van der Waals surface area contributed by atoms with Crippen LogP contribution in [0.2, 0.25) is 0 Å². The van der Waals surface area contributed by atoms with Crippen molar-refractivity contribution in [1.82, 2.24) is 9.88 Å². The van der Waals surface area contributed by atoms with E-state index in [1.807, 2.05) is 47.4 Å². The lowest BCUT2D eigenvalue weighted by Crippen LogP contribution is -2.49. The Balaban J connectivity index is 1.45. The molecule has 3 rings (SSSR count). The average molecular weight is 370 g/mol. The molecule has 2 amide bonds. The van der Waals surface area contributed by atoms with E-state index in [9.17, 15) is 9.59 Å². The molecule has 2 heterocycles. The lowest BCUT2D eigenvalue weighted by atomic mass is 10.3. The highest BCUT2D eigenvalue weighted by atomic mass is 32.2. The lowest BCUT2D eigenvalue weighted by Gasteiger charge is -2.35. The fourth-order valence-electron chi connectivity index (χ4n) is 2.80. The first-order chi connectivity index (χ1) is 12.6. The standard InChI is InChI=1S/C19H22N4O2S/c1-15(24)21-16-5-7-17(8-6-16)26-14-19(25)23-12-10-22(11-13-23)18-4-2-3-9-20-18/h2-9H,10-14H2,1H3,(H,21,24). The molecule has 1 aromatic heterocycles. The minimum atomic E-state index is -0.0922. The number of pyridine rings is 1. The maximum Gasteiger partial charge on any atom is 0.233 e. The first kappa shape index (κ1) is 18.3. The Morgan fingerprint density at radius 1 is 1.08 bits per heavy atom. The topological polar surface area (TPSA) is 65.5 Å². The van der Waals surface area contributed by atoms with Crippen LogP contribution in [0.1, 0.15) is 6.92 Å². The summed E-state index contributed by atoms with van der Waals surface area (Å²) in [5.41, 5.74) is 0.763. The Morgan fingerprint density at radius 2 is 1.81 bits per heavy atom. The zero-order chi connectivity index (χ0) is 18.4. The molecule has 7 heteroatoms. The predicted octanol–water partition coefficient (Wildman–Crippen LogP) is 2.48. The molecule has 6 nitrogen and oxygen atoms in total. The van der Waals surface area contributed by atoms with Crippen molar-refractivity contribution in [2.45, 2.75) is 11.8 Å². The number of aromatic nitrogens is 1. The van der Waals surface area contributed by atoms with Gasteiger partial charge in [0.15, 0.2) is 0 Å². The van der Waals surface area contributed by atoms with Crippen LogP contribution >= 0.6 is 11.8 Å². The molecule has 1 N–H and O–H groups in total. The Morgan fingerprint density at radius 3 is 2.42 bits per heavy atom. The second-order valence-corrected chi connectivity index (χ2v) is 7.10. The van der Waals surface area contributed by atoms with Crippen molar-refractivity contribution >= 4 is 35.1 Å². The molecule has 1 aromatic carbocycles. The Labute approximate surface area is 157 Å². The van der Waals surface area contributed by atoms with Crippen LogP contribution < -0.4 is 10.2 Å². The van der Waals surface area contributed by atoms with Gasteiger partial charge in [0.05, 0.1) is 5.75 Å². The molecule has 1 aliphatic rings. The average Bonchev–Trinajstić information content (AvgIpc) is 2.67. The third-order valence-electron chi connectivity index (χ3n) is 4.14. The van der Waals surface area contributed by atoms with Crippen LogP contribution in [0.25, 0.3) is 0 Å². The zero-order valence-electron chi connectivity index (χ0n) is 14.7. The van der Waals surface area contributed by atoms with Crippen LogP contribution in [0.5, 0.6) is 0 Å². The molecule has 0 atom stereocenters. The van der Waals surface area contributed by atoms with Crippen LogP contribution in [-0.4, -0.2) is 53.6 Å². The maximum absolute atomic E-state index is 12.4. The Bertz CT molecular complexity index is 744. The number of anilines is 2. The summed E-state index contributed by atoms with van der Waals surface area (Å²) in [6.07, 6.45) is 1.79. The van der Waals surface area contributed by atoms with Gasteiger partial charge >= 0.3 is 0 Å². The fourth-order valence-corrected chi connectivity index (χ4v) is 3.60. The third-order valence-corrected chi connectivity index (χ3v) is 5.14. The van der Waals surface area contributed by atoms with E-state index in [4.69, 9.17) is 0 Å². The number of benzene rings is 1. The summed E-state index contributed by atoms with van der Waals surface area (Å²) in [5.74, 6) is 1.45. The van der Waals surface area contributed by atoms with Crippen molar-refractivity contribution in [1.29, 1.82) is 0 Å². The molecule has 1 aliphatic heterocycles. The van der Waals surface area contributed by atoms with E-state index in [-0.39, 0.29) is 11.8 Å². The molecule has 0 radical (unpaired) electrons. The Kier molecular flexibility index (Phi) is 6.12. The number of piperazine rings is 1. The lowest BCUT2D eigenvalue weighted by molar-refractivity contribution is -0.128. The van der Waals surface area contributed by atoms with Gasteiger partial charge in [-0.15, -0.1) is 11.8 Å². The molecule has 0 bridgehead atoms. The minimum Gasteiger partial charge on any atom is -0.353 e. The molecule has 1 saturated heterocycles. The van der Waals surface area contributed by atoms with Gasteiger partial charge in [-0.2, -0.15) is 0 Å². The molecule has 26 heavy (non-hydrogen) atoms. The number of hydrogen-bond acceptors (Lipinski definition) is 5. The predicted molar refractivity (Wildman–Crippen MR) is 104 cm³/mol. The second-order valence-electron chi connectivity index (χ2n) is 6.05. The van der Waals surface area contributed by atoms with E-state index in [0.717, 1.165) is 42.6 Å². The number of hydrogen-bond donors (Lipinski definition) is 1. The van der Waals surface area contributed by atoms with Crippen molar-refractivity contribution in [2.24, 2.45) is 0 Å². The van der Waals surface area contributed by atoms with Gasteiger partial charge < -0.3 is 15.1 Å². The molecular formula is C19H22N4O2S. The van der Waals surface area contributed by atoms with Crippen molar-refractivity contribution < 1.29 is 9.59 Å². The van der Waals surface area contributed by atoms with Gasteiger partial charge in [-0.05, 0) is 36.4 Å². The SMILES string of the molecule is CC(=O)Nc1ccc(SCC(=O)N2CCN(c3ccccn3)CC2)cc1. The van der Waals surface area contributed by atoms with Crippen LogP contribution in [0.3, 0.4) is 0 Å². The number of carbonyl (C=O) groups excluding carboxylic acids is 2. The van der Waals surface area contributed by atoms with Gasteiger partial charge in [-0.3, -0.25) is 9.59 Å². The van der Waals surface area contributed by atoms with Crippen molar-refractivity contribution in [3.63, 3.8) is 0 Å². The number of nitrogens with one attached hydrogen (secondary N) is 1. The first-order valence-electron chi connectivity index (χ1n) is 8.56. The summed E-state index contributed by atoms with van der Waals surface area (Å²) in [6, 6.07) is 13.4. The van der Waals surface area contributed by atoms with E-state index in [2.05, 4.69) is 15.2 Å². The highest BCUT2D eigenvalue weighted by molar-refractivity contribution is 8.00. The molecule has 0 spiro atoms. The summed E-state index contributed by atoms with van der Waals surface area (Å²) in [5, 5.41) is 2.73. The summed E-state index contributed by atoms with van der Waals surface area (Å²) in [6.45, 7) is 4.53. The summed E-state index contributed by atoms with van der Waals surface area (Å²) >= 11 is 1.52. The molecular weight excluding hydrogens is 348 g/mol. The van der Waals surface area contributed by atoms with Gasteiger partial charge in [0.25, 0.3) is 0 Å². The molecule has 0 saturated carbocycles. The monoisotopic (exact) mass is 370 g/mol. The van der Waals surface area contributed by atoms with Gasteiger partial charge in [-0.1, -0.05) is 6.07 Å². The Hall–Kier alpha value is -2.54. The number of nitrogens with zero attached hydrogens (tertiary/aromatic N) is 3. The quantitative estimate of drug-likeness (QED) is 0.819. The summed E-state index contributed by atoms with van der Waals surface area (Å²) in [4.78, 5) is 33.0. The van der Waals surface area contributed by atoms with E-state index in [0.29, 0.717) is 5.75 Å². The molecule has 0 unspecified atom stereocenters. The van der Waals surface area contributed by atoms with Gasteiger partial charge in [0.2, 0.25) is 11.8 Å². The van der Waals surface area contributed by atoms with Crippen molar-refractivity contribution in [3.8, 4) is 0 Å². The largest absolute Gasteiger partial charge is 0.353 e. The summed E-state index contributed by atoms with van der Waals surface area (Å²) < 4.78 is 0. The molecule has 0 aliphatic carbocycles. The third kappa shape index (κ3) is 4.98. The van der Waals surface area contributed by atoms with E-state index in [1.165, 1.54) is 18.7 Å². The minimum absolute atomic E-state index is 0.0922. The fraction of sp³-hybridized carbons (Fsp3) is 0.316. The number of thioether (sulfide) groups is 1. The van der Waals surface area contributed by atoms with Gasteiger partial charge in [-0.25, -0.2) is 4.98 Å². The zero-order valence-corrected chi connectivity index (χ0v) is 15.5. The smallest absolute Gasteiger partial charge is 0.233 e. The molecule has 2 aromatic rings. The van der Waals surface area contributed by atoms with Crippen molar-refractivity contribution in [2.75, 3.05) is 42.1 Å². The van der Waals surface area contributed by atoms with Crippen LogP contribution in [0.4, 0.5) is 11.5 Å². The number of rotatable bonds is 5. The normalized spacial score (nSPS) is 14.2. The van der Waals surface area contributed by atoms with Gasteiger partial charge in [0.1, 0.15) is 5.82 Å². The van der Waals surface area contributed by atoms with Crippen LogP contribution in [0, 0.1) is 0 Å². The highest BCUT2D eigenvalue weighted by Crippen LogP contribution is 2.21. The number of carbonyl (C=O) groups is 2. The molecule has 136 valence electrons. The van der Waals surface area contributed by atoms with E-state index in [1.54, 1.807) is 6.20 Å². The van der Waals surface area contributed by atoms with Crippen LogP contribution in [0.15, 0.2) is 53.6 Å². The number of amides is 2. The highest BCUT2D eigenvalue weighted by Gasteiger charge is 2.21. The van der Waals surface area contributed by atoms with E-state index >= 15 is 0 Å². The molecule has 1 fully saturated rings. The second kappa shape index (κ2) is 8.71. The van der Waals surface area contributed by atoms with Crippen LogP contribution in [-0.2, 0) is 9.59 Å².